The number of nitrogens with one attached hydrogen (secondary N) is 2. The van der Waals surface area contributed by atoms with Gasteiger partial charge in [-0.25, -0.2) is 9.37 Å². The summed E-state index contributed by atoms with van der Waals surface area (Å²) < 4.78 is 19.7. The first-order chi connectivity index (χ1) is 20.4. The zero-order valence-electron chi connectivity index (χ0n) is 24.1. The highest BCUT2D eigenvalue weighted by Gasteiger charge is 2.34. The Kier molecular flexibility index (Phi) is 11.4. The van der Waals surface area contributed by atoms with E-state index in [1.165, 1.54) is 29.2 Å². The fraction of sp³-hybridized carbons (Fsp3) is 0.394. The molecule has 9 heteroatoms. The summed E-state index contributed by atoms with van der Waals surface area (Å²) in [6.07, 6.45) is 7.76. The molecule has 1 saturated carbocycles. The standard InChI is InChI=1S/C33H39FN4O4/c1-2-3-23-42-28-20-18-27(19-21-28)38(31(40)13-8-12-30(39)37-29-11-6-7-22-35-29)32(24-14-16-25(34)17-15-24)33(41)36-26-9-4-5-10-26/h6-7,11,14-22,26,32H,2-5,8-10,12-13,23H2,1H3,(H,36,41)(H,35,37,39). The van der Waals surface area contributed by atoms with Gasteiger partial charge in [-0.3, -0.25) is 19.3 Å². The molecule has 0 bridgehead atoms. The summed E-state index contributed by atoms with van der Waals surface area (Å²) in [5, 5.41) is 5.85. The lowest BCUT2D eigenvalue weighted by Crippen LogP contribution is -2.46. The predicted octanol–water partition coefficient (Wildman–Crippen LogP) is 6.34. The summed E-state index contributed by atoms with van der Waals surface area (Å²) in [6.45, 7) is 2.67. The van der Waals surface area contributed by atoms with Crippen molar-refractivity contribution in [3.8, 4) is 5.75 Å². The van der Waals surface area contributed by atoms with E-state index in [9.17, 15) is 18.8 Å². The average molecular weight is 575 g/mol. The van der Waals surface area contributed by atoms with E-state index in [4.69, 9.17) is 4.74 Å². The Morgan fingerprint density at radius 1 is 0.976 bits per heavy atom. The molecule has 4 rings (SSSR count). The van der Waals surface area contributed by atoms with Crippen LogP contribution in [0.5, 0.6) is 5.75 Å². The number of unbranched alkanes of at least 4 members (excludes halogenated alkanes) is 1. The van der Waals surface area contributed by atoms with Crippen LogP contribution in [0.25, 0.3) is 0 Å². The maximum absolute atomic E-state index is 13.9. The van der Waals surface area contributed by atoms with Crippen LogP contribution in [-0.4, -0.2) is 35.4 Å². The van der Waals surface area contributed by atoms with Gasteiger partial charge in [-0.15, -0.1) is 0 Å². The number of benzene rings is 2. The van der Waals surface area contributed by atoms with Crippen molar-refractivity contribution in [2.75, 3.05) is 16.8 Å². The van der Waals surface area contributed by atoms with Crippen LogP contribution in [0, 0.1) is 5.82 Å². The summed E-state index contributed by atoms with van der Waals surface area (Å²) in [5.41, 5.74) is 1.01. The van der Waals surface area contributed by atoms with Gasteiger partial charge in [0, 0.05) is 30.8 Å². The number of hydrogen-bond donors (Lipinski definition) is 2. The highest BCUT2D eigenvalue weighted by atomic mass is 19.1. The van der Waals surface area contributed by atoms with Crippen LogP contribution >= 0.6 is 0 Å². The van der Waals surface area contributed by atoms with Gasteiger partial charge >= 0.3 is 0 Å². The number of hydrogen-bond acceptors (Lipinski definition) is 5. The van der Waals surface area contributed by atoms with Gasteiger partial charge in [0.1, 0.15) is 23.4 Å². The van der Waals surface area contributed by atoms with Crippen LogP contribution in [0.4, 0.5) is 15.9 Å². The molecule has 8 nitrogen and oxygen atoms in total. The zero-order chi connectivity index (χ0) is 29.7. The van der Waals surface area contributed by atoms with Crippen LogP contribution in [0.15, 0.2) is 72.9 Å². The molecule has 0 saturated heterocycles. The number of amides is 3. The molecule has 1 aliphatic rings. The number of pyridine rings is 1. The van der Waals surface area contributed by atoms with Gasteiger partial charge in [0.15, 0.2) is 0 Å². The Morgan fingerprint density at radius 2 is 1.71 bits per heavy atom. The first-order valence-corrected chi connectivity index (χ1v) is 14.8. The molecule has 3 aromatic rings. The summed E-state index contributed by atoms with van der Waals surface area (Å²) >= 11 is 0. The van der Waals surface area contributed by atoms with E-state index >= 15 is 0 Å². The second kappa shape index (κ2) is 15.7. The number of anilines is 2. The number of carbonyl (C=O) groups is 3. The molecule has 2 aromatic carbocycles. The van der Waals surface area contributed by atoms with E-state index in [1.54, 1.807) is 48.7 Å². The molecule has 0 radical (unpaired) electrons. The Bertz CT molecular complexity index is 1300. The summed E-state index contributed by atoms with van der Waals surface area (Å²) in [4.78, 5) is 45.8. The number of halogens is 1. The van der Waals surface area contributed by atoms with Crippen molar-refractivity contribution < 1.29 is 23.5 Å². The van der Waals surface area contributed by atoms with Crippen molar-refractivity contribution in [1.82, 2.24) is 10.3 Å². The van der Waals surface area contributed by atoms with Gasteiger partial charge in [0.05, 0.1) is 6.61 Å². The van der Waals surface area contributed by atoms with E-state index in [0.29, 0.717) is 29.4 Å². The summed E-state index contributed by atoms with van der Waals surface area (Å²) in [6, 6.07) is 17.0. The smallest absolute Gasteiger partial charge is 0.248 e. The number of ether oxygens (including phenoxy) is 1. The second-order valence-corrected chi connectivity index (χ2v) is 10.5. The SMILES string of the molecule is CCCCOc1ccc(N(C(=O)CCCC(=O)Nc2ccccn2)C(C(=O)NC2CCCC2)c2ccc(F)cc2)cc1. The van der Waals surface area contributed by atoms with Crippen LogP contribution < -0.4 is 20.3 Å². The molecular weight excluding hydrogens is 535 g/mol. The van der Waals surface area contributed by atoms with Gasteiger partial charge in [-0.1, -0.05) is 44.4 Å². The quantitative estimate of drug-likeness (QED) is 0.219. The molecule has 2 N–H and O–H groups in total. The van der Waals surface area contributed by atoms with E-state index in [2.05, 4.69) is 22.5 Å². The molecule has 222 valence electrons. The minimum Gasteiger partial charge on any atom is -0.494 e. The zero-order valence-corrected chi connectivity index (χ0v) is 24.1. The lowest BCUT2D eigenvalue weighted by molar-refractivity contribution is -0.127. The fourth-order valence-corrected chi connectivity index (χ4v) is 5.05. The minimum absolute atomic E-state index is 0.0266. The fourth-order valence-electron chi connectivity index (χ4n) is 5.05. The monoisotopic (exact) mass is 574 g/mol. The lowest BCUT2D eigenvalue weighted by Gasteiger charge is -2.32. The number of nitrogens with zero attached hydrogens (tertiary/aromatic N) is 2. The molecule has 0 aliphatic heterocycles. The van der Waals surface area contributed by atoms with Crippen molar-refractivity contribution in [2.45, 2.75) is 76.8 Å². The van der Waals surface area contributed by atoms with Crippen molar-refractivity contribution in [1.29, 1.82) is 0 Å². The van der Waals surface area contributed by atoms with Crippen molar-refractivity contribution in [2.24, 2.45) is 0 Å². The van der Waals surface area contributed by atoms with Gasteiger partial charge in [0.2, 0.25) is 17.7 Å². The third kappa shape index (κ3) is 8.86. The normalized spacial score (nSPS) is 13.8. The first-order valence-electron chi connectivity index (χ1n) is 14.8. The van der Waals surface area contributed by atoms with Gasteiger partial charge in [-0.05, 0) is 79.8 Å². The van der Waals surface area contributed by atoms with E-state index in [0.717, 1.165) is 38.5 Å². The summed E-state index contributed by atoms with van der Waals surface area (Å²) in [7, 11) is 0. The van der Waals surface area contributed by atoms with Gasteiger partial charge in [0.25, 0.3) is 0 Å². The molecule has 42 heavy (non-hydrogen) atoms. The maximum atomic E-state index is 13.9. The highest BCUT2D eigenvalue weighted by molar-refractivity contribution is 6.01. The third-order valence-corrected chi connectivity index (χ3v) is 7.27. The largest absolute Gasteiger partial charge is 0.494 e. The highest BCUT2D eigenvalue weighted by Crippen LogP contribution is 2.32. The molecule has 1 heterocycles. The Morgan fingerprint density at radius 3 is 2.38 bits per heavy atom. The van der Waals surface area contributed by atoms with Crippen LogP contribution in [-0.2, 0) is 14.4 Å². The summed E-state index contributed by atoms with van der Waals surface area (Å²) in [5.74, 6) is -0.222. The van der Waals surface area contributed by atoms with Crippen LogP contribution in [0.3, 0.4) is 0 Å². The molecule has 1 unspecified atom stereocenters. The molecule has 3 amide bonds. The van der Waals surface area contributed by atoms with E-state index in [-0.39, 0.29) is 43.0 Å². The van der Waals surface area contributed by atoms with E-state index < -0.39 is 11.9 Å². The minimum atomic E-state index is -1.02. The van der Waals surface area contributed by atoms with Crippen LogP contribution in [0.2, 0.25) is 0 Å². The molecule has 1 fully saturated rings. The number of carbonyl (C=O) groups excluding carboxylic acids is 3. The first kappa shape index (κ1) is 30.7. The van der Waals surface area contributed by atoms with E-state index in [1.807, 2.05) is 0 Å². The molecule has 1 aliphatic carbocycles. The van der Waals surface area contributed by atoms with Gasteiger partial charge < -0.3 is 15.4 Å². The van der Waals surface area contributed by atoms with Crippen molar-refractivity contribution >= 4 is 29.2 Å². The topological polar surface area (TPSA) is 101 Å². The Labute approximate surface area is 246 Å². The average Bonchev–Trinajstić information content (AvgIpc) is 3.50. The third-order valence-electron chi connectivity index (χ3n) is 7.27. The Balaban J connectivity index is 1.57. The number of rotatable bonds is 14. The molecular formula is C33H39FN4O4. The second-order valence-electron chi connectivity index (χ2n) is 10.5. The predicted molar refractivity (Wildman–Crippen MR) is 161 cm³/mol. The van der Waals surface area contributed by atoms with Gasteiger partial charge in [-0.2, -0.15) is 0 Å². The maximum Gasteiger partial charge on any atom is 0.248 e. The molecule has 1 atom stereocenters. The van der Waals surface area contributed by atoms with Crippen LogP contribution in [0.1, 0.15) is 76.3 Å². The van der Waals surface area contributed by atoms with Crippen molar-refractivity contribution in [3.63, 3.8) is 0 Å². The Hall–Kier alpha value is -4.27. The van der Waals surface area contributed by atoms with Crippen molar-refractivity contribution in [3.05, 3.63) is 84.3 Å². The lowest BCUT2D eigenvalue weighted by atomic mass is 10.0. The molecule has 1 aromatic heterocycles. The molecule has 0 spiro atoms. The number of aromatic nitrogens is 1.